The topological polar surface area (TPSA) is 38.7 Å². The van der Waals surface area contributed by atoms with Gasteiger partial charge >= 0.3 is 0 Å². The van der Waals surface area contributed by atoms with E-state index in [1.807, 2.05) is 37.4 Å². The van der Waals surface area contributed by atoms with Crippen LogP contribution in [0.15, 0.2) is 61.1 Å². The van der Waals surface area contributed by atoms with Gasteiger partial charge in [-0.25, -0.2) is 9.97 Å². The molecule has 0 spiro atoms. The fourth-order valence-corrected chi connectivity index (χ4v) is 2.09. The van der Waals surface area contributed by atoms with Crippen molar-refractivity contribution in [2.75, 3.05) is 0 Å². The van der Waals surface area contributed by atoms with Crippen molar-refractivity contribution in [1.82, 2.24) is 15.0 Å². The summed E-state index contributed by atoms with van der Waals surface area (Å²) < 4.78 is 0. The van der Waals surface area contributed by atoms with E-state index in [4.69, 9.17) is 0 Å². The first-order valence-electron chi connectivity index (χ1n) is 6.14. The van der Waals surface area contributed by atoms with Crippen molar-refractivity contribution < 1.29 is 0 Å². The van der Waals surface area contributed by atoms with E-state index in [1.54, 1.807) is 12.4 Å². The predicted octanol–water partition coefficient (Wildman–Crippen LogP) is 3.51. The fourth-order valence-electron chi connectivity index (χ4n) is 2.09. The van der Waals surface area contributed by atoms with Gasteiger partial charge in [0.2, 0.25) is 0 Å². The molecule has 0 bridgehead atoms. The van der Waals surface area contributed by atoms with Crippen LogP contribution in [0.2, 0.25) is 0 Å². The van der Waals surface area contributed by atoms with E-state index in [9.17, 15) is 0 Å². The highest BCUT2D eigenvalue weighted by Gasteiger charge is 2.08. The summed E-state index contributed by atoms with van der Waals surface area (Å²) >= 11 is 0. The molecule has 0 unspecified atom stereocenters. The van der Waals surface area contributed by atoms with Gasteiger partial charge in [-0.3, -0.25) is 4.98 Å². The molecule has 0 radical (unpaired) electrons. The molecule has 0 aliphatic heterocycles. The van der Waals surface area contributed by atoms with E-state index in [1.165, 1.54) is 0 Å². The molecular formula is C16H13N3. The summed E-state index contributed by atoms with van der Waals surface area (Å²) in [4.78, 5) is 12.8. The van der Waals surface area contributed by atoms with E-state index in [2.05, 4.69) is 33.2 Å². The highest BCUT2D eigenvalue weighted by molar-refractivity contribution is 5.81. The van der Waals surface area contributed by atoms with E-state index < -0.39 is 0 Å². The van der Waals surface area contributed by atoms with Crippen LogP contribution in [0.5, 0.6) is 0 Å². The third-order valence-electron chi connectivity index (χ3n) is 2.95. The van der Waals surface area contributed by atoms with Gasteiger partial charge in [-0.2, -0.15) is 0 Å². The second kappa shape index (κ2) is 4.98. The fraction of sp³-hybridized carbons (Fsp3) is 0.0625. The number of rotatable bonds is 2. The quantitative estimate of drug-likeness (QED) is 0.695. The van der Waals surface area contributed by atoms with Crippen molar-refractivity contribution in [3.8, 4) is 22.4 Å². The number of nitrogens with zero attached hydrogens (tertiary/aromatic N) is 3. The average Bonchev–Trinajstić information content (AvgIpc) is 2.48. The van der Waals surface area contributed by atoms with Crippen molar-refractivity contribution in [1.29, 1.82) is 0 Å². The van der Waals surface area contributed by atoms with Crippen LogP contribution in [-0.4, -0.2) is 15.0 Å². The Bertz CT molecular complexity index is 693. The number of benzene rings is 1. The van der Waals surface area contributed by atoms with Crippen molar-refractivity contribution >= 4 is 0 Å². The van der Waals surface area contributed by atoms with Crippen LogP contribution in [0.25, 0.3) is 22.4 Å². The standard InChI is InChI=1S/C16H13N3/c1-12-18-10-8-16(19-12)15-7-3-2-6-14(15)13-5-4-9-17-11-13/h2-11H,1H3. The average molecular weight is 247 g/mol. The first kappa shape index (κ1) is 11.5. The van der Waals surface area contributed by atoms with Crippen LogP contribution in [0.3, 0.4) is 0 Å². The Hall–Kier alpha value is -2.55. The van der Waals surface area contributed by atoms with Crippen LogP contribution in [0.4, 0.5) is 0 Å². The van der Waals surface area contributed by atoms with Crippen molar-refractivity contribution in [2.24, 2.45) is 0 Å². The van der Waals surface area contributed by atoms with Gasteiger partial charge in [0, 0.05) is 29.7 Å². The number of aromatic nitrogens is 3. The van der Waals surface area contributed by atoms with Crippen LogP contribution >= 0.6 is 0 Å². The van der Waals surface area contributed by atoms with Gasteiger partial charge in [0.1, 0.15) is 5.82 Å². The lowest BCUT2D eigenvalue weighted by Gasteiger charge is -2.09. The Kier molecular flexibility index (Phi) is 3.02. The van der Waals surface area contributed by atoms with E-state index in [0.29, 0.717) is 0 Å². The van der Waals surface area contributed by atoms with E-state index >= 15 is 0 Å². The monoisotopic (exact) mass is 247 g/mol. The predicted molar refractivity (Wildman–Crippen MR) is 75.4 cm³/mol. The van der Waals surface area contributed by atoms with Crippen molar-refractivity contribution in [2.45, 2.75) is 6.92 Å². The van der Waals surface area contributed by atoms with Crippen molar-refractivity contribution in [3.05, 3.63) is 66.9 Å². The second-order valence-electron chi connectivity index (χ2n) is 4.28. The largest absolute Gasteiger partial charge is 0.264 e. The molecule has 0 atom stereocenters. The second-order valence-corrected chi connectivity index (χ2v) is 4.28. The van der Waals surface area contributed by atoms with Gasteiger partial charge in [0.05, 0.1) is 5.69 Å². The molecule has 0 fully saturated rings. The van der Waals surface area contributed by atoms with Crippen LogP contribution in [0, 0.1) is 6.92 Å². The lowest BCUT2D eigenvalue weighted by molar-refractivity contribution is 1.06. The van der Waals surface area contributed by atoms with E-state index in [-0.39, 0.29) is 0 Å². The first-order chi connectivity index (χ1) is 9.34. The molecule has 92 valence electrons. The molecule has 3 nitrogen and oxygen atoms in total. The Morgan fingerprint density at radius 1 is 0.842 bits per heavy atom. The van der Waals surface area contributed by atoms with Crippen LogP contribution in [0.1, 0.15) is 5.82 Å². The summed E-state index contributed by atoms with van der Waals surface area (Å²) in [6.07, 6.45) is 5.44. The maximum atomic E-state index is 4.50. The van der Waals surface area contributed by atoms with Crippen molar-refractivity contribution in [3.63, 3.8) is 0 Å². The Labute approximate surface area is 112 Å². The zero-order valence-corrected chi connectivity index (χ0v) is 10.6. The lowest BCUT2D eigenvalue weighted by atomic mass is 9.99. The van der Waals surface area contributed by atoms with Gasteiger partial charge < -0.3 is 0 Å². The third kappa shape index (κ3) is 2.36. The van der Waals surface area contributed by atoms with Gasteiger partial charge in [-0.05, 0) is 24.6 Å². The molecule has 3 heteroatoms. The maximum Gasteiger partial charge on any atom is 0.125 e. The third-order valence-corrected chi connectivity index (χ3v) is 2.95. The van der Waals surface area contributed by atoms with Crippen LogP contribution < -0.4 is 0 Å². The summed E-state index contributed by atoms with van der Waals surface area (Å²) in [5, 5.41) is 0. The normalized spacial score (nSPS) is 10.4. The van der Waals surface area contributed by atoms with Gasteiger partial charge in [0.15, 0.2) is 0 Å². The molecule has 0 N–H and O–H groups in total. The van der Waals surface area contributed by atoms with Gasteiger partial charge in [-0.15, -0.1) is 0 Å². The molecule has 19 heavy (non-hydrogen) atoms. The minimum absolute atomic E-state index is 0.776. The molecule has 0 amide bonds. The van der Waals surface area contributed by atoms with Gasteiger partial charge in [-0.1, -0.05) is 30.3 Å². The Balaban J connectivity index is 2.18. The summed E-state index contributed by atoms with van der Waals surface area (Å²) in [5.41, 5.74) is 4.26. The highest BCUT2D eigenvalue weighted by Crippen LogP contribution is 2.30. The number of pyridine rings is 1. The summed E-state index contributed by atoms with van der Waals surface area (Å²) in [6.45, 7) is 1.90. The number of hydrogen-bond donors (Lipinski definition) is 0. The first-order valence-corrected chi connectivity index (χ1v) is 6.14. The zero-order chi connectivity index (χ0) is 13.1. The highest BCUT2D eigenvalue weighted by atomic mass is 14.9. The van der Waals surface area contributed by atoms with E-state index in [0.717, 1.165) is 28.2 Å². The summed E-state index contributed by atoms with van der Waals surface area (Å²) in [6, 6.07) is 14.1. The molecule has 0 saturated carbocycles. The van der Waals surface area contributed by atoms with Crippen LogP contribution in [-0.2, 0) is 0 Å². The van der Waals surface area contributed by atoms with Gasteiger partial charge in [0.25, 0.3) is 0 Å². The molecule has 3 aromatic rings. The zero-order valence-electron chi connectivity index (χ0n) is 10.6. The molecule has 1 aromatic carbocycles. The Morgan fingerprint density at radius 2 is 1.68 bits per heavy atom. The summed E-state index contributed by atoms with van der Waals surface area (Å²) in [7, 11) is 0. The summed E-state index contributed by atoms with van der Waals surface area (Å²) in [5.74, 6) is 0.776. The number of aryl methyl sites for hydroxylation is 1. The molecular weight excluding hydrogens is 234 g/mol. The smallest absolute Gasteiger partial charge is 0.125 e. The minimum atomic E-state index is 0.776. The lowest BCUT2D eigenvalue weighted by Crippen LogP contribution is -1.92. The molecule has 2 heterocycles. The molecule has 0 aliphatic rings. The molecule has 2 aromatic heterocycles. The SMILES string of the molecule is Cc1nccc(-c2ccccc2-c2cccnc2)n1. The molecule has 0 saturated heterocycles. The molecule has 3 rings (SSSR count). The molecule has 0 aliphatic carbocycles. The Morgan fingerprint density at radius 3 is 2.42 bits per heavy atom. The number of hydrogen-bond acceptors (Lipinski definition) is 3. The minimum Gasteiger partial charge on any atom is -0.264 e. The maximum absolute atomic E-state index is 4.50.